The van der Waals surface area contributed by atoms with E-state index < -0.39 is 0 Å². The minimum Gasteiger partial charge on any atom is -0.454 e. The summed E-state index contributed by atoms with van der Waals surface area (Å²) >= 11 is 1.89. The molecule has 0 saturated carbocycles. The molecule has 0 aliphatic carbocycles. The number of hydrogen-bond donors (Lipinski definition) is 1. The summed E-state index contributed by atoms with van der Waals surface area (Å²) in [5.41, 5.74) is 2.76. The van der Waals surface area contributed by atoms with Crippen LogP contribution >= 0.6 is 11.3 Å². The number of aryl methyl sites for hydroxylation is 1. The summed E-state index contributed by atoms with van der Waals surface area (Å²) in [6.45, 7) is 3.54. The molecular formula is C16H17NO2S. The fraction of sp³-hybridized carbons (Fsp3) is 0.375. The molecule has 0 fully saturated rings. The van der Waals surface area contributed by atoms with Gasteiger partial charge < -0.3 is 14.8 Å². The quantitative estimate of drug-likeness (QED) is 0.920. The molecule has 1 atom stereocenters. The summed E-state index contributed by atoms with van der Waals surface area (Å²) in [5, 5.41) is 3.63. The normalized spacial score (nSPS) is 19.9. The molecule has 2 aliphatic heterocycles. The predicted octanol–water partition coefficient (Wildman–Crippen LogP) is 3.21. The van der Waals surface area contributed by atoms with E-state index in [0.29, 0.717) is 12.8 Å². The third kappa shape index (κ3) is 2.09. The summed E-state index contributed by atoms with van der Waals surface area (Å²) in [7, 11) is 0. The summed E-state index contributed by atoms with van der Waals surface area (Å²) in [5.74, 6) is 1.79. The largest absolute Gasteiger partial charge is 0.454 e. The molecule has 3 nitrogen and oxygen atoms in total. The van der Waals surface area contributed by atoms with E-state index in [-0.39, 0.29) is 0 Å². The first-order valence-electron chi connectivity index (χ1n) is 7.01. The minimum atomic E-state index is 0.348. The Morgan fingerprint density at radius 2 is 2.10 bits per heavy atom. The standard InChI is InChI=1S/C16H17NO2S/c1-10-2-3-12(20-10)7-14-13-8-16-15(18-9-19-16)6-11(13)4-5-17-14/h2-3,6,8,14,17H,4-5,7,9H2,1H3. The Morgan fingerprint density at radius 3 is 2.90 bits per heavy atom. The van der Waals surface area contributed by atoms with Crippen LogP contribution in [0.15, 0.2) is 24.3 Å². The van der Waals surface area contributed by atoms with E-state index in [2.05, 4.69) is 36.5 Å². The molecule has 3 heterocycles. The van der Waals surface area contributed by atoms with Gasteiger partial charge in [-0.25, -0.2) is 0 Å². The van der Waals surface area contributed by atoms with Crippen LogP contribution in [0.4, 0.5) is 0 Å². The van der Waals surface area contributed by atoms with Crippen molar-refractivity contribution < 1.29 is 9.47 Å². The molecule has 1 unspecified atom stereocenters. The van der Waals surface area contributed by atoms with Crippen molar-refractivity contribution in [3.8, 4) is 11.5 Å². The highest BCUT2D eigenvalue weighted by atomic mass is 32.1. The van der Waals surface area contributed by atoms with Gasteiger partial charge in [0, 0.05) is 22.2 Å². The van der Waals surface area contributed by atoms with Crippen LogP contribution in [0.2, 0.25) is 0 Å². The molecule has 4 rings (SSSR count). The lowest BCUT2D eigenvalue weighted by atomic mass is 9.91. The number of nitrogens with one attached hydrogen (secondary N) is 1. The molecule has 4 heteroatoms. The van der Waals surface area contributed by atoms with Gasteiger partial charge >= 0.3 is 0 Å². The van der Waals surface area contributed by atoms with E-state index in [0.717, 1.165) is 30.9 Å². The van der Waals surface area contributed by atoms with Crippen molar-refractivity contribution in [1.82, 2.24) is 5.32 Å². The molecule has 1 aromatic carbocycles. The number of thiophene rings is 1. The number of hydrogen-bond acceptors (Lipinski definition) is 4. The first-order valence-corrected chi connectivity index (χ1v) is 7.82. The lowest BCUT2D eigenvalue weighted by Crippen LogP contribution is -2.31. The van der Waals surface area contributed by atoms with Crippen LogP contribution in [0.3, 0.4) is 0 Å². The van der Waals surface area contributed by atoms with Gasteiger partial charge in [-0.1, -0.05) is 0 Å². The van der Waals surface area contributed by atoms with Gasteiger partial charge in [0.1, 0.15) is 0 Å². The Balaban J connectivity index is 1.67. The maximum atomic E-state index is 5.52. The molecule has 1 aromatic heterocycles. The Kier molecular flexibility index (Phi) is 2.93. The second-order valence-corrected chi connectivity index (χ2v) is 6.75. The fourth-order valence-corrected chi connectivity index (χ4v) is 3.95. The number of rotatable bonds is 2. The number of benzene rings is 1. The first kappa shape index (κ1) is 12.2. The zero-order valence-corrected chi connectivity index (χ0v) is 12.3. The van der Waals surface area contributed by atoms with Crippen LogP contribution in [0, 0.1) is 6.92 Å². The molecule has 0 radical (unpaired) electrons. The van der Waals surface area contributed by atoms with Gasteiger partial charge in [0.2, 0.25) is 6.79 Å². The van der Waals surface area contributed by atoms with E-state index in [9.17, 15) is 0 Å². The van der Waals surface area contributed by atoms with Crippen molar-refractivity contribution in [3.63, 3.8) is 0 Å². The van der Waals surface area contributed by atoms with Gasteiger partial charge in [0.25, 0.3) is 0 Å². The highest BCUT2D eigenvalue weighted by molar-refractivity contribution is 7.11. The predicted molar refractivity (Wildman–Crippen MR) is 79.8 cm³/mol. The first-order chi connectivity index (χ1) is 9.79. The Bertz CT molecular complexity index is 650. The van der Waals surface area contributed by atoms with Crippen molar-refractivity contribution in [1.29, 1.82) is 0 Å². The molecule has 2 aliphatic rings. The maximum absolute atomic E-state index is 5.52. The molecule has 20 heavy (non-hydrogen) atoms. The van der Waals surface area contributed by atoms with Gasteiger partial charge in [-0.05, 0) is 55.3 Å². The van der Waals surface area contributed by atoms with Crippen molar-refractivity contribution in [2.75, 3.05) is 13.3 Å². The Labute approximate surface area is 122 Å². The smallest absolute Gasteiger partial charge is 0.231 e. The topological polar surface area (TPSA) is 30.5 Å². The number of ether oxygens (including phenoxy) is 2. The molecule has 0 spiro atoms. The van der Waals surface area contributed by atoms with E-state index in [4.69, 9.17) is 9.47 Å². The highest BCUT2D eigenvalue weighted by Crippen LogP contribution is 2.39. The van der Waals surface area contributed by atoms with Gasteiger partial charge in [-0.15, -0.1) is 11.3 Å². The van der Waals surface area contributed by atoms with Crippen LogP contribution in [0.25, 0.3) is 0 Å². The summed E-state index contributed by atoms with van der Waals surface area (Å²) in [6.07, 6.45) is 2.11. The Hall–Kier alpha value is -1.52. The number of fused-ring (bicyclic) bond motifs is 2. The van der Waals surface area contributed by atoms with Crippen LogP contribution < -0.4 is 14.8 Å². The van der Waals surface area contributed by atoms with E-state index in [1.54, 1.807) is 0 Å². The van der Waals surface area contributed by atoms with Gasteiger partial charge in [-0.3, -0.25) is 0 Å². The second-order valence-electron chi connectivity index (χ2n) is 5.38. The van der Waals surface area contributed by atoms with E-state index in [1.807, 2.05) is 11.3 Å². The van der Waals surface area contributed by atoms with Gasteiger partial charge in [-0.2, -0.15) is 0 Å². The molecule has 104 valence electrons. The van der Waals surface area contributed by atoms with Gasteiger partial charge in [0.05, 0.1) is 0 Å². The molecule has 0 bridgehead atoms. The molecule has 0 amide bonds. The van der Waals surface area contributed by atoms with Crippen molar-refractivity contribution in [2.24, 2.45) is 0 Å². The molecule has 1 N–H and O–H groups in total. The SMILES string of the molecule is Cc1ccc(CC2NCCc3cc4c(cc32)OCO4)s1. The minimum absolute atomic E-state index is 0.348. The highest BCUT2D eigenvalue weighted by Gasteiger charge is 2.25. The van der Waals surface area contributed by atoms with Crippen LogP contribution in [0.5, 0.6) is 11.5 Å². The zero-order valence-electron chi connectivity index (χ0n) is 11.4. The molecule has 0 saturated heterocycles. The van der Waals surface area contributed by atoms with Crippen LogP contribution in [-0.2, 0) is 12.8 Å². The average molecular weight is 287 g/mol. The third-order valence-corrected chi connectivity index (χ3v) is 5.02. The lowest BCUT2D eigenvalue weighted by Gasteiger charge is -2.27. The van der Waals surface area contributed by atoms with Crippen molar-refractivity contribution >= 4 is 11.3 Å². The maximum Gasteiger partial charge on any atom is 0.231 e. The molecule has 2 aromatic rings. The van der Waals surface area contributed by atoms with Crippen LogP contribution in [0.1, 0.15) is 26.9 Å². The average Bonchev–Trinajstić information content (AvgIpc) is 3.05. The Morgan fingerprint density at radius 1 is 1.25 bits per heavy atom. The zero-order chi connectivity index (χ0) is 13.5. The van der Waals surface area contributed by atoms with Gasteiger partial charge in [0.15, 0.2) is 11.5 Å². The monoisotopic (exact) mass is 287 g/mol. The van der Waals surface area contributed by atoms with Crippen molar-refractivity contribution in [3.05, 3.63) is 45.1 Å². The van der Waals surface area contributed by atoms with Crippen molar-refractivity contribution in [2.45, 2.75) is 25.8 Å². The summed E-state index contributed by atoms with van der Waals surface area (Å²) < 4.78 is 11.0. The third-order valence-electron chi connectivity index (χ3n) is 4.00. The summed E-state index contributed by atoms with van der Waals surface area (Å²) in [4.78, 5) is 2.81. The fourth-order valence-electron chi connectivity index (χ4n) is 3.01. The second kappa shape index (κ2) is 4.79. The van der Waals surface area contributed by atoms with E-state index in [1.165, 1.54) is 20.9 Å². The van der Waals surface area contributed by atoms with E-state index >= 15 is 0 Å². The molecular weight excluding hydrogens is 270 g/mol. The van der Waals surface area contributed by atoms with Crippen LogP contribution in [-0.4, -0.2) is 13.3 Å². The lowest BCUT2D eigenvalue weighted by molar-refractivity contribution is 0.174. The summed E-state index contributed by atoms with van der Waals surface area (Å²) in [6, 6.07) is 9.14.